The van der Waals surface area contributed by atoms with E-state index in [1.807, 2.05) is 11.6 Å². The fourth-order valence-corrected chi connectivity index (χ4v) is 3.06. The summed E-state index contributed by atoms with van der Waals surface area (Å²) in [4.78, 5) is 12.0. The maximum Gasteiger partial charge on any atom is 0.264 e. The van der Waals surface area contributed by atoms with Crippen LogP contribution in [0.3, 0.4) is 0 Å². The molecule has 0 fully saturated rings. The summed E-state index contributed by atoms with van der Waals surface area (Å²) in [5, 5.41) is 0.749. The van der Waals surface area contributed by atoms with Crippen LogP contribution in [0.15, 0.2) is 48.7 Å². The Morgan fingerprint density at radius 1 is 1.17 bits per heavy atom. The van der Waals surface area contributed by atoms with Gasteiger partial charge in [-0.15, -0.1) is 0 Å². The third-order valence-electron chi connectivity index (χ3n) is 3.66. The number of nitrogens with one attached hydrogen (secondary N) is 1. The molecule has 0 atom stereocenters. The molecule has 3 aromatic rings. The lowest BCUT2D eigenvalue weighted by atomic mass is 10.1. The van der Waals surface area contributed by atoms with Gasteiger partial charge in [0.2, 0.25) is 10.0 Å². The molecule has 0 aliphatic carbocycles. The van der Waals surface area contributed by atoms with Crippen molar-refractivity contribution in [3.05, 3.63) is 65.6 Å². The number of hydrogen-bond acceptors (Lipinski definition) is 3. The van der Waals surface area contributed by atoms with Crippen LogP contribution in [0.1, 0.15) is 15.9 Å². The molecule has 0 radical (unpaired) electrons. The molecular formula is C17H15FN2O3S. The topological polar surface area (TPSA) is 68.2 Å². The van der Waals surface area contributed by atoms with Crippen LogP contribution in [0.2, 0.25) is 0 Å². The van der Waals surface area contributed by atoms with Crippen molar-refractivity contribution in [3.63, 3.8) is 0 Å². The molecule has 2 aromatic carbocycles. The van der Waals surface area contributed by atoms with Crippen LogP contribution in [-0.2, 0) is 10.0 Å². The summed E-state index contributed by atoms with van der Waals surface area (Å²) in [6.45, 7) is 1.85. The van der Waals surface area contributed by atoms with Crippen LogP contribution >= 0.6 is 0 Å². The average molecular weight is 346 g/mol. The van der Waals surface area contributed by atoms with Gasteiger partial charge in [-0.3, -0.25) is 4.79 Å². The number of aryl methyl sites for hydroxylation is 1. The number of hydrogen-bond donors (Lipinski definition) is 1. The first-order valence-corrected chi connectivity index (χ1v) is 9.04. The van der Waals surface area contributed by atoms with Crippen LogP contribution < -0.4 is 4.72 Å². The first kappa shape index (κ1) is 16.2. The van der Waals surface area contributed by atoms with Gasteiger partial charge in [-0.05, 0) is 42.8 Å². The highest BCUT2D eigenvalue weighted by molar-refractivity contribution is 7.89. The van der Waals surface area contributed by atoms with Crippen LogP contribution in [0.4, 0.5) is 4.39 Å². The number of halogens is 1. The summed E-state index contributed by atoms with van der Waals surface area (Å²) in [7, 11) is -3.63. The lowest BCUT2D eigenvalue weighted by molar-refractivity contribution is 0.0982. The molecule has 3 rings (SSSR count). The van der Waals surface area contributed by atoms with Gasteiger partial charge in [0.25, 0.3) is 5.91 Å². The molecule has 7 heteroatoms. The van der Waals surface area contributed by atoms with E-state index in [0.29, 0.717) is 5.69 Å². The largest absolute Gasteiger partial charge is 0.314 e. The Morgan fingerprint density at radius 3 is 2.54 bits per heavy atom. The fourth-order valence-electron chi connectivity index (χ4n) is 2.61. The monoisotopic (exact) mass is 346 g/mol. The molecule has 0 aliphatic rings. The molecule has 1 N–H and O–H groups in total. The first-order chi connectivity index (χ1) is 11.3. The predicted octanol–water partition coefficient (Wildman–Crippen LogP) is 2.77. The van der Waals surface area contributed by atoms with Crippen LogP contribution in [0, 0.1) is 12.7 Å². The van der Waals surface area contributed by atoms with Crippen molar-refractivity contribution < 1.29 is 17.6 Å². The lowest BCUT2D eigenvalue weighted by Gasteiger charge is -2.07. The highest BCUT2D eigenvalue weighted by atomic mass is 32.2. The molecule has 1 aromatic heterocycles. The molecule has 1 heterocycles. The van der Waals surface area contributed by atoms with E-state index >= 15 is 0 Å². The van der Waals surface area contributed by atoms with Crippen molar-refractivity contribution in [1.29, 1.82) is 0 Å². The van der Waals surface area contributed by atoms with Gasteiger partial charge in [0, 0.05) is 17.1 Å². The normalized spacial score (nSPS) is 11.6. The van der Waals surface area contributed by atoms with Gasteiger partial charge in [0.05, 0.1) is 17.5 Å². The van der Waals surface area contributed by atoms with Gasteiger partial charge in [-0.1, -0.05) is 12.1 Å². The molecule has 0 unspecified atom stereocenters. The second-order valence-electron chi connectivity index (χ2n) is 5.57. The predicted molar refractivity (Wildman–Crippen MR) is 90.3 cm³/mol. The number of para-hydroxylation sites is 1. The van der Waals surface area contributed by atoms with Crippen LogP contribution in [0.25, 0.3) is 16.6 Å². The summed E-state index contributed by atoms with van der Waals surface area (Å²) in [6.07, 6.45) is 2.70. The molecular weight excluding hydrogens is 331 g/mol. The van der Waals surface area contributed by atoms with E-state index in [0.717, 1.165) is 22.7 Å². The quantitative estimate of drug-likeness (QED) is 0.793. The highest BCUT2D eigenvalue weighted by Crippen LogP contribution is 2.26. The first-order valence-electron chi connectivity index (χ1n) is 7.15. The summed E-state index contributed by atoms with van der Waals surface area (Å²) >= 11 is 0. The molecule has 0 saturated carbocycles. The van der Waals surface area contributed by atoms with E-state index < -0.39 is 15.9 Å². The van der Waals surface area contributed by atoms with E-state index in [-0.39, 0.29) is 11.4 Å². The van der Waals surface area contributed by atoms with E-state index in [1.54, 1.807) is 41.1 Å². The third-order valence-corrected chi connectivity index (χ3v) is 4.21. The Hall–Kier alpha value is -2.67. The van der Waals surface area contributed by atoms with Crippen molar-refractivity contribution in [2.45, 2.75) is 6.92 Å². The van der Waals surface area contributed by atoms with Crippen molar-refractivity contribution in [2.24, 2.45) is 0 Å². The minimum Gasteiger partial charge on any atom is -0.314 e. The maximum atomic E-state index is 14.1. The Kier molecular flexibility index (Phi) is 3.88. The number of benzene rings is 2. The minimum atomic E-state index is -3.63. The smallest absolute Gasteiger partial charge is 0.264 e. The van der Waals surface area contributed by atoms with Gasteiger partial charge in [-0.2, -0.15) is 0 Å². The zero-order chi connectivity index (χ0) is 17.5. The Bertz CT molecular complexity index is 1050. The number of fused-ring (bicyclic) bond motifs is 1. The summed E-state index contributed by atoms with van der Waals surface area (Å²) < 4.78 is 40.1. The average Bonchev–Trinajstić information content (AvgIpc) is 2.83. The molecule has 0 aliphatic heterocycles. The summed E-state index contributed by atoms with van der Waals surface area (Å²) in [5.74, 6) is -1.05. The Balaban J connectivity index is 2.12. The Labute approximate surface area is 138 Å². The zero-order valence-electron chi connectivity index (χ0n) is 13.1. The lowest BCUT2D eigenvalue weighted by Crippen LogP contribution is -2.29. The third kappa shape index (κ3) is 3.03. The SMILES string of the molecule is Cc1cn(-c2ccccc2F)c2ccc(C(=O)NS(C)(=O)=O)cc12. The molecule has 0 bridgehead atoms. The summed E-state index contributed by atoms with van der Waals surface area (Å²) in [6, 6.07) is 11.2. The fraction of sp³-hybridized carbons (Fsp3) is 0.118. The molecule has 1 amide bonds. The van der Waals surface area contributed by atoms with E-state index in [9.17, 15) is 17.6 Å². The van der Waals surface area contributed by atoms with Crippen LogP contribution in [-0.4, -0.2) is 25.1 Å². The number of nitrogens with zero attached hydrogens (tertiary/aromatic N) is 1. The highest BCUT2D eigenvalue weighted by Gasteiger charge is 2.15. The number of carbonyl (C=O) groups excluding carboxylic acids is 1. The second-order valence-corrected chi connectivity index (χ2v) is 7.32. The van der Waals surface area contributed by atoms with Crippen LogP contribution in [0.5, 0.6) is 0 Å². The number of sulfonamides is 1. The van der Waals surface area contributed by atoms with Gasteiger partial charge in [0.15, 0.2) is 0 Å². The molecule has 0 spiro atoms. The number of carbonyl (C=O) groups is 1. The maximum absolute atomic E-state index is 14.1. The standard InChI is InChI=1S/C17H15FN2O3S/c1-11-10-20(16-6-4-3-5-14(16)18)15-8-7-12(9-13(11)15)17(21)19-24(2,22)23/h3-10H,1-2H3,(H,19,21). The molecule has 24 heavy (non-hydrogen) atoms. The van der Waals surface area contributed by atoms with E-state index in [4.69, 9.17) is 0 Å². The van der Waals surface area contributed by atoms with Crippen molar-refractivity contribution in [2.75, 3.05) is 6.26 Å². The zero-order valence-corrected chi connectivity index (χ0v) is 13.9. The Morgan fingerprint density at radius 2 is 1.88 bits per heavy atom. The van der Waals surface area contributed by atoms with Gasteiger partial charge in [-0.25, -0.2) is 17.5 Å². The number of rotatable bonds is 3. The second kappa shape index (κ2) is 5.76. The van der Waals surface area contributed by atoms with Crippen molar-refractivity contribution in [1.82, 2.24) is 9.29 Å². The summed E-state index contributed by atoms with van der Waals surface area (Å²) in [5.41, 5.74) is 2.21. The van der Waals surface area contributed by atoms with Crippen molar-refractivity contribution >= 4 is 26.8 Å². The van der Waals surface area contributed by atoms with E-state index in [2.05, 4.69) is 0 Å². The molecule has 124 valence electrons. The van der Waals surface area contributed by atoms with E-state index in [1.165, 1.54) is 12.1 Å². The van der Waals surface area contributed by atoms with Gasteiger partial charge >= 0.3 is 0 Å². The molecule has 0 saturated heterocycles. The van der Waals surface area contributed by atoms with Gasteiger partial charge < -0.3 is 4.57 Å². The van der Waals surface area contributed by atoms with Gasteiger partial charge in [0.1, 0.15) is 5.82 Å². The van der Waals surface area contributed by atoms with Crippen molar-refractivity contribution in [3.8, 4) is 5.69 Å². The minimum absolute atomic E-state index is 0.224. The number of aromatic nitrogens is 1. The molecule has 5 nitrogen and oxygen atoms in total. The number of amides is 1.